The van der Waals surface area contributed by atoms with Gasteiger partial charge in [-0.25, -0.2) is 0 Å². The molecule has 1 heterocycles. The van der Waals surface area contributed by atoms with Crippen molar-refractivity contribution in [2.45, 2.75) is 125 Å². The summed E-state index contributed by atoms with van der Waals surface area (Å²) in [5, 5.41) is 3.37. The first-order chi connectivity index (χ1) is 14.1. The van der Waals surface area contributed by atoms with Crippen molar-refractivity contribution < 1.29 is 4.79 Å². The average Bonchev–Trinajstić information content (AvgIpc) is 2.69. The van der Waals surface area contributed by atoms with Gasteiger partial charge in [0.15, 0.2) is 0 Å². The van der Waals surface area contributed by atoms with Crippen LogP contribution in [0.5, 0.6) is 0 Å². The quantitative estimate of drug-likeness (QED) is 0.432. The van der Waals surface area contributed by atoms with Crippen molar-refractivity contribution in [2.24, 2.45) is 46.3 Å². The Hall–Kier alpha value is -0.530. The topological polar surface area (TPSA) is 29.1 Å². The number of piperidine rings is 1. The molecule has 2 nitrogen and oxygen atoms in total. The number of carbonyl (C=O) groups excluding carboxylic acids is 1. The molecule has 174 valence electrons. The molecule has 0 aromatic rings. The van der Waals surface area contributed by atoms with Crippen molar-refractivity contribution in [3.63, 3.8) is 0 Å². The third-order valence-corrected chi connectivity index (χ3v) is 10.5. The van der Waals surface area contributed by atoms with Gasteiger partial charge in [-0.05, 0) is 91.3 Å². The lowest BCUT2D eigenvalue weighted by atomic mass is 9.48. The van der Waals surface area contributed by atoms with Crippen molar-refractivity contribution in [2.75, 3.05) is 0 Å². The molecule has 0 radical (unpaired) electrons. The molecule has 0 aromatic carbocycles. The molecular weight excluding hydrogens is 366 g/mol. The number of amides is 1. The first-order valence-corrected chi connectivity index (χ1v) is 13.4. The van der Waals surface area contributed by atoms with Crippen LogP contribution in [0.4, 0.5) is 0 Å². The number of nitrogens with one attached hydrogen (secondary N) is 1. The highest BCUT2D eigenvalue weighted by Crippen LogP contribution is 2.60. The van der Waals surface area contributed by atoms with Gasteiger partial charge < -0.3 is 5.32 Å². The average molecular weight is 418 g/mol. The van der Waals surface area contributed by atoms with Gasteiger partial charge in [0.25, 0.3) is 0 Å². The summed E-state index contributed by atoms with van der Waals surface area (Å²) in [5.74, 6) is 5.40. The predicted octanol–water partition coefficient (Wildman–Crippen LogP) is 7.61. The maximum absolute atomic E-state index is 12.0. The molecule has 0 bridgehead atoms. The van der Waals surface area contributed by atoms with Gasteiger partial charge in [-0.15, -0.1) is 0 Å². The van der Waals surface area contributed by atoms with Gasteiger partial charge >= 0.3 is 0 Å². The summed E-state index contributed by atoms with van der Waals surface area (Å²) in [6, 6.07) is 0.437. The Labute approximate surface area is 187 Å². The summed E-state index contributed by atoms with van der Waals surface area (Å²) in [4.78, 5) is 12.0. The summed E-state index contributed by atoms with van der Waals surface area (Å²) in [6.45, 7) is 17.4. The van der Waals surface area contributed by atoms with Crippen LogP contribution in [0.3, 0.4) is 0 Å². The molecule has 1 amide bonds. The maximum atomic E-state index is 12.0. The lowest BCUT2D eigenvalue weighted by Crippen LogP contribution is -2.59. The number of carbonyl (C=O) groups is 1. The van der Waals surface area contributed by atoms with Gasteiger partial charge in [0.2, 0.25) is 5.91 Å². The first kappa shape index (κ1) is 24.1. The van der Waals surface area contributed by atoms with Crippen LogP contribution in [-0.4, -0.2) is 11.9 Å². The molecule has 8 atom stereocenters. The monoisotopic (exact) mass is 417 g/mol. The van der Waals surface area contributed by atoms with Crippen molar-refractivity contribution >= 4 is 5.91 Å². The van der Waals surface area contributed by atoms with E-state index in [1.807, 2.05) is 0 Å². The molecule has 1 saturated heterocycles. The van der Waals surface area contributed by atoms with Crippen LogP contribution in [0.2, 0.25) is 0 Å². The van der Waals surface area contributed by atoms with Crippen molar-refractivity contribution in [3.05, 3.63) is 0 Å². The fourth-order valence-electron chi connectivity index (χ4n) is 8.56. The van der Waals surface area contributed by atoms with Gasteiger partial charge in [-0.2, -0.15) is 0 Å². The van der Waals surface area contributed by atoms with E-state index in [1.54, 1.807) is 0 Å². The highest BCUT2D eigenvalue weighted by atomic mass is 16.1. The van der Waals surface area contributed by atoms with Crippen molar-refractivity contribution in [3.8, 4) is 0 Å². The summed E-state index contributed by atoms with van der Waals surface area (Å²) in [5.41, 5.74) is 0.854. The fourth-order valence-corrected chi connectivity index (χ4v) is 8.56. The zero-order chi connectivity index (χ0) is 22.1. The summed E-state index contributed by atoms with van der Waals surface area (Å²) < 4.78 is 0. The molecule has 7 unspecified atom stereocenters. The van der Waals surface area contributed by atoms with Crippen LogP contribution in [-0.2, 0) is 4.79 Å². The largest absolute Gasteiger partial charge is 0.353 e. The molecule has 2 aliphatic carbocycles. The molecule has 3 rings (SSSR count). The molecule has 3 fully saturated rings. The minimum absolute atomic E-state index is 0.295. The zero-order valence-corrected chi connectivity index (χ0v) is 21.2. The summed E-state index contributed by atoms with van der Waals surface area (Å²) in [6.07, 6.45) is 14.1. The number of hydrogen-bond acceptors (Lipinski definition) is 1. The lowest BCUT2D eigenvalue weighted by molar-refractivity contribution is -0.134. The van der Waals surface area contributed by atoms with Crippen molar-refractivity contribution in [1.82, 2.24) is 5.32 Å². The Morgan fingerprint density at radius 1 is 1.00 bits per heavy atom. The number of hydrogen-bond donors (Lipinski definition) is 1. The molecule has 1 N–H and O–H groups in total. The van der Waals surface area contributed by atoms with Crippen LogP contribution >= 0.6 is 0 Å². The van der Waals surface area contributed by atoms with E-state index >= 15 is 0 Å². The van der Waals surface area contributed by atoms with E-state index in [0.29, 0.717) is 22.8 Å². The van der Waals surface area contributed by atoms with E-state index in [9.17, 15) is 4.79 Å². The van der Waals surface area contributed by atoms with Crippen LogP contribution < -0.4 is 5.32 Å². The van der Waals surface area contributed by atoms with Crippen LogP contribution in [0.25, 0.3) is 0 Å². The first-order valence-electron chi connectivity index (χ1n) is 13.4. The standard InChI is InChI=1S/C28H51NO/c1-8-21(19(3)4)11-10-20(5)23(9-2)27(6)16-14-24-22(18-27)12-13-25-28(24,7)17-15-26(30)29-25/h19-25H,8-18H2,1-7H3,(H,29,30)/t20?,21?,22?,23?,24?,25-,27?,28?/m1/s1. The Morgan fingerprint density at radius 3 is 2.37 bits per heavy atom. The second-order valence-corrected chi connectivity index (χ2v) is 12.4. The van der Waals surface area contributed by atoms with Gasteiger partial charge in [-0.1, -0.05) is 67.7 Å². The Balaban J connectivity index is 1.66. The minimum Gasteiger partial charge on any atom is -0.353 e. The van der Waals surface area contributed by atoms with Gasteiger partial charge in [0.05, 0.1) is 0 Å². The fraction of sp³-hybridized carbons (Fsp3) is 0.964. The van der Waals surface area contributed by atoms with E-state index in [2.05, 4.69) is 53.8 Å². The number of fused-ring (bicyclic) bond motifs is 3. The summed E-state index contributed by atoms with van der Waals surface area (Å²) in [7, 11) is 0. The second-order valence-electron chi connectivity index (χ2n) is 12.4. The molecule has 30 heavy (non-hydrogen) atoms. The highest BCUT2D eigenvalue weighted by Gasteiger charge is 2.54. The SMILES string of the molecule is CCC(CCC(C)C(CC)C1(C)CCC2C(CC[C@H]3NC(=O)CCC23C)C1)C(C)C. The Morgan fingerprint density at radius 2 is 1.73 bits per heavy atom. The molecule has 2 heteroatoms. The van der Waals surface area contributed by atoms with Crippen molar-refractivity contribution in [1.29, 1.82) is 0 Å². The second kappa shape index (κ2) is 9.53. The zero-order valence-electron chi connectivity index (χ0n) is 21.2. The van der Waals surface area contributed by atoms with E-state index in [0.717, 1.165) is 48.3 Å². The van der Waals surface area contributed by atoms with E-state index in [-0.39, 0.29) is 0 Å². The van der Waals surface area contributed by atoms with Crippen LogP contribution in [0.1, 0.15) is 119 Å². The van der Waals surface area contributed by atoms with E-state index in [4.69, 9.17) is 0 Å². The third kappa shape index (κ3) is 4.63. The molecule has 0 spiro atoms. The Kier molecular flexibility index (Phi) is 7.66. The van der Waals surface area contributed by atoms with E-state index in [1.165, 1.54) is 57.8 Å². The predicted molar refractivity (Wildman–Crippen MR) is 128 cm³/mol. The van der Waals surface area contributed by atoms with E-state index < -0.39 is 0 Å². The Bertz CT molecular complexity index is 585. The molecule has 0 aromatic heterocycles. The molecular formula is C28H51NO. The highest BCUT2D eigenvalue weighted by molar-refractivity contribution is 5.77. The molecule has 3 aliphatic rings. The minimum atomic E-state index is 0.295. The van der Waals surface area contributed by atoms with Gasteiger partial charge in [0, 0.05) is 12.5 Å². The van der Waals surface area contributed by atoms with Crippen LogP contribution in [0, 0.1) is 46.3 Å². The lowest BCUT2D eigenvalue weighted by Gasteiger charge is -2.59. The molecule has 1 aliphatic heterocycles. The normalized spacial score (nSPS) is 39.6. The third-order valence-electron chi connectivity index (χ3n) is 10.5. The van der Waals surface area contributed by atoms with Gasteiger partial charge in [-0.3, -0.25) is 4.79 Å². The smallest absolute Gasteiger partial charge is 0.220 e. The molecule has 2 saturated carbocycles. The van der Waals surface area contributed by atoms with Gasteiger partial charge in [0.1, 0.15) is 0 Å². The number of rotatable bonds is 8. The summed E-state index contributed by atoms with van der Waals surface area (Å²) >= 11 is 0. The van der Waals surface area contributed by atoms with Crippen LogP contribution in [0.15, 0.2) is 0 Å². The maximum Gasteiger partial charge on any atom is 0.220 e.